The Morgan fingerprint density at radius 2 is 1.96 bits per heavy atom. The van der Waals surface area contributed by atoms with E-state index in [1.54, 1.807) is 19.1 Å². The summed E-state index contributed by atoms with van der Waals surface area (Å²) in [6.07, 6.45) is 0.790. The van der Waals surface area contributed by atoms with Gasteiger partial charge in [-0.2, -0.15) is 0 Å². The monoisotopic (exact) mass is 343 g/mol. The highest BCUT2D eigenvalue weighted by Crippen LogP contribution is 2.69. The van der Waals surface area contributed by atoms with E-state index in [-0.39, 0.29) is 42.1 Å². The van der Waals surface area contributed by atoms with E-state index in [0.29, 0.717) is 30.1 Å². The van der Waals surface area contributed by atoms with Crippen molar-refractivity contribution in [1.82, 2.24) is 5.32 Å². The Morgan fingerprint density at radius 1 is 1.16 bits per heavy atom. The van der Waals surface area contributed by atoms with Crippen LogP contribution in [0.5, 0.6) is 0 Å². The van der Waals surface area contributed by atoms with E-state index >= 15 is 0 Å². The van der Waals surface area contributed by atoms with Gasteiger partial charge in [0.1, 0.15) is 6.10 Å². The Kier molecular flexibility index (Phi) is 3.32. The third-order valence-corrected chi connectivity index (χ3v) is 6.19. The molecular weight excluding hydrogens is 322 g/mol. The van der Waals surface area contributed by atoms with Crippen molar-refractivity contribution in [2.45, 2.75) is 37.7 Å². The number of fused-ring (bicyclic) bond motifs is 5. The molecular formula is C19H21NO5. The van der Waals surface area contributed by atoms with E-state index in [1.165, 1.54) is 0 Å². The Balaban J connectivity index is 1.30. The minimum absolute atomic E-state index is 0.0736. The summed E-state index contributed by atoms with van der Waals surface area (Å²) in [5, 5.41) is 3.02. The number of esters is 1. The number of epoxide rings is 1. The summed E-state index contributed by atoms with van der Waals surface area (Å²) >= 11 is 0. The number of hydrogen-bond donors (Lipinski definition) is 1. The molecule has 6 unspecified atom stereocenters. The standard InChI is InChI=1S/C19H21NO5/c1-2-23-19(22)20-15-10-8-11(12-13(15)14(12)17-16(10)25-17)24-18(21)9-6-4-3-5-7-9/h3-7,10-17H,2,8H2,1H3,(H,20,22)/t10?,11?,12?,13?,14?,15?,16-,17+/m1/s1. The molecule has 1 aromatic rings. The number of rotatable bonds is 4. The third-order valence-electron chi connectivity index (χ3n) is 6.19. The molecule has 0 aromatic heterocycles. The van der Waals surface area contributed by atoms with Crippen LogP contribution in [0.2, 0.25) is 0 Å². The minimum atomic E-state index is -0.360. The highest BCUT2D eigenvalue weighted by Gasteiger charge is 2.77. The SMILES string of the molecule is CCOC(=O)NC1C2C3C(OC(=O)c4ccccc4)CC1[C@H]1O[C@H]1C32. The van der Waals surface area contributed by atoms with Gasteiger partial charge in [0.15, 0.2) is 0 Å². The van der Waals surface area contributed by atoms with Gasteiger partial charge in [-0.15, -0.1) is 0 Å². The molecule has 1 saturated heterocycles. The van der Waals surface area contributed by atoms with Crippen molar-refractivity contribution in [3.05, 3.63) is 35.9 Å². The lowest BCUT2D eigenvalue weighted by molar-refractivity contribution is 0.000685. The first kappa shape index (κ1) is 15.2. The van der Waals surface area contributed by atoms with Crippen LogP contribution >= 0.6 is 0 Å². The maximum absolute atomic E-state index is 12.4. The van der Waals surface area contributed by atoms with E-state index in [9.17, 15) is 9.59 Å². The van der Waals surface area contributed by atoms with Gasteiger partial charge in [-0.1, -0.05) is 18.2 Å². The molecule has 2 bridgehead atoms. The van der Waals surface area contributed by atoms with E-state index in [2.05, 4.69) is 5.32 Å². The molecule has 5 rings (SSSR count). The van der Waals surface area contributed by atoms with Crippen LogP contribution < -0.4 is 5.32 Å². The second-order valence-electron chi connectivity index (χ2n) is 7.40. The van der Waals surface area contributed by atoms with Crippen LogP contribution in [-0.2, 0) is 14.2 Å². The maximum Gasteiger partial charge on any atom is 0.407 e. The number of ether oxygens (including phenoxy) is 3. The summed E-state index contributed by atoms with van der Waals surface area (Å²) in [6, 6.07) is 9.17. The second kappa shape index (κ2) is 5.46. The van der Waals surface area contributed by atoms with Crippen molar-refractivity contribution in [3.8, 4) is 0 Å². The minimum Gasteiger partial charge on any atom is -0.458 e. The number of nitrogens with one attached hydrogen (secondary N) is 1. The van der Waals surface area contributed by atoms with Gasteiger partial charge in [0, 0.05) is 17.9 Å². The van der Waals surface area contributed by atoms with Gasteiger partial charge < -0.3 is 19.5 Å². The summed E-state index contributed by atoms with van der Waals surface area (Å²) in [5.74, 6) is 0.947. The average molecular weight is 343 g/mol. The maximum atomic E-state index is 12.4. The molecule has 3 saturated carbocycles. The fourth-order valence-corrected chi connectivity index (χ4v) is 5.20. The number of amides is 1. The number of benzene rings is 1. The first-order valence-electron chi connectivity index (χ1n) is 9.04. The van der Waals surface area contributed by atoms with E-state index < -0.39 is 0 Å². The number of carbonyl (C=O) groups is 2. The molecule has 25 heavy (non-hydrogen) atoms. The number of alkyl carbamates (subject to hydrolysis) is 1. The van der Waals surface area contributed by atoms with Crippen molar-refractivity contribution in [2.75, 3.05) is 6.61 Å². The van der Waals surface area contributed by atoms with Crippen LogP contribution in [0.4, 0.5) is 4.79 Å². The molecule has 8 atom stereocenters. The van der Waals surface area contributed by atoms with Crippen LogP contribution in [0.25, 0.3) is 0 Å². The van der Waals surface area contributed by atoms with E-state index in [0.717, 1.165) is 6.42 Å². The Bertz CT molecular complexity index is 707. The predicted molar refractivity (Wildman–Crippen MR) is 86.8 cm³/mol. The first-order valence-corrected chi connectivity index (χ1v) is 9.04. The van der Waals surface area contributed by atoms with Crippen molar-refractivity contribution in [3.63, 3.8) is 0 Å². The van der Waals surface area contributed by atoms with Crippen LogP contribution in [0, 0.1) is 23.7 Å². The summed E-state index contributed by atoms with van der Waals surface area (Å²) in [5.41, 5.74) is 0.584. The lowest BCUT2D eigenvalue weighted by atomic mass is 9.78. The summed E-state index contributed by atoms with van der Waals surface area (Å²) in [6.45, 7) is 2.16. The van der Waals surface area contributed by atoms with Crippen molar-refractivity contribution in [2.24, 2.45) is 23.7 Å². The molecule has 3 aliphatic carbocycles. The largest absolute Gasteiger partial charge is 0.458 e. The lowest BCUT2D eigenvalue weighted by Gasteiger charge is -2.35. The molecule has 1 aromatic carbocycles. The van der Waals surface area contributed by atoms with Gasteiger partial charge >= 0.3 is 12.1 Å². The average Bonchev–Trinajstić information content (AvgIpc) is 3.48. The normalized spacial score (nSPS) is 42.0. The zero-order valence-electron chi connectivity index (χ0n) is 14.0. The molecule has 6 nitrogen and oxygen atoms in total. The first-order chi connectivity index (χ1) is 12.2. The van der Waals surface area contributed by atoms with Crippen molar-refractivity contribution in [1.29, 1.82) is 0 Å². The highest BCUT2D eigenvalue weighted by atomic mass is 16.6. The van der Waals surface area contributed by atoms with Gasteiger partial charge in [-0.05, 0) is 37.3 Å². The Hall–Kier alpha value is -2.08. The molecule has 4 aliphatic rings. The molecule has 1 heterocycles. The Morgan fingerprint density at radius 3 is 2.72 bits per heavy atom. The van der Waals surface area contributed by atoms with Gasteiger partial charge in [-0.3, -0.25) is 0 Å². The van der Waals surface area contributed by atoms with Crippen LogP contribution in [0.15, 0.2) is 30.3 Å². The van der Waals surface area contributed by atoms with Gasteiger partial charge in [-0.25, -0.2) is 9.59 Å². The van der Waals surface area contributed by atoms with Crippen LogP contribution in [0.1, 0.15) is 23.7 Å². The summed E-state index contributed by atoms with van der Waals surface area (Å²) in [7, 11) is 0. The van der Waals surface area contributed by atoms with Gasteiger partial charge in [0.05, 0.1) is 24.4 Å². The van der Waals surface area contributed by atoms with Gasteiger partial charge in [0.25, 0.3) is 0 Å². The Labute approximate surface area is 145 Å². The summed E-state index contributed by atoms with van der Waals surface area (Å²) < 4.78 is 16.7. The smallest absolute Gasteiger partial charge is 0.407 e. The topological polar surface area (TPSA) is 77.2 Å². The van der Waals surface area contributed by atoms with Crippen molar-refractivity contribution >= 4 is 12.1 Å². The zero-order valence-corrected chi connectivity index (χ0v) is 14.0. The fourth-order valence-electron chi connectivity index (χ4n) is 5.20. The lowest BCUT2D eigenvalue weighted by Crippen LogP contribution is -2.50. The molecule has 4 fully saturated rings. The summed E-state index contributed by atoms with van der Waals surface area (Å²) in [4.78, 5) is 24.3. The molecule has 0 spiro atoms. The zero-order chi connectivity index (χ0) is 17.1. The van der Waals surface area contributed by atoms with E-state index in [1.807, 2.05) is 18.2 Å². The van der Waals surface area contributed by atoms with Crippen LogP contribution in [-0.4, -0.2) is 43.0 Å². The molecule has 1 N–H and O–H groups in total. The van der Waals surface area contributed by atoms with Crippen molar-refractivity contribution < 1.29 is 23.8 Å². The van der Waals surface area contributed by atoms with Gasteiger partial charge in [0.2, 0.25) is 0 Å². The third kappa shape index (κ3) is 2.34. The molecule has 0 radical (unpaired) electrons. The second-order valence-corrected chi connectivity index (χ2v) is 7.40. The fraction of sp³-hybridized carbons (Fsp3) is 0.579. The molecule has 1 amide bonds. The van der Waals surface area contributed by atoms with E-state index in [4.69, 9.17) is 14.2 Å². The quantitative estimate of drug-likeness (QED) is 0.668. The predicted octanol–water partition coefficient (Wildman–Crippen LogP) is 1.99. The molecule has 132 valence electrons. The molecule has 6 heteroatoms. The number of hydrogen-bond acceptors (Lipinski definition) is 5. The highest BCUT2D eigenvalue weighted by molar-refractivity contribution is 5.89. The number of carbonyl (C=O) groups excluding carboxylic acids is 2. The van der Waals surface area contributed by atoms with Crippen LogP contribution in [0.3, 0.4) is 0 Å². The molecule has 1 aliphatic heterocycles.